The molecule has 1 aliphatic heterocycles. The first-order valence-electron chi connectivity index (χ1n) is 10.7. The zero-order valence-corrected chi connectivity index (χ0v) is 19.4. The van der Waals surface area contributed by atoms with Crippen molar-refractivity contribution in [1.29, 1.82) is 0 Å². The number of carboxylic acids is 1. The third-order valence-electron chi connectivity index (χ3n) is 5.91. The minimum absolute atomic E-state index is 0.0253. The van der Waals surface area contributed by atoms with E-state index in [9.17, 15) is 34.4 Å². The molecule has 182 valence electrons. The molecule has 0 aromatic heterocycles. The van der Waals surface area contributed by atoms with Gasteiger partial charge >= 0.3 is 5.97 Å². The number of amides is 3. The third-order valence-corrected chi connectivity index (χ3v) is 6.14. The van der Waals surface area contributed by atoms with Gasteiger partial charge in [-0.2, -0.15) is 0 Å². The molecule has 4 aromatic rings. The predicted molar refractivity (Wildman–Crippen MR) is 135 cm³/mol. The van der Waals surface area contributed by atoms with Gasteiger partial charge in [-0.15, -0.1) is 0 Å². The molecule has 37 heavy (non-hydrogen) atoms. The van der Waals surface area contributed by atoms with Crippen LogP contribution in [0.25, 0.3) is 10.8 Å². The van der Waals surface area contributed by atoms with E-state index in [1.807, 2.05) is 0 Å². The van der Waals surface area contributed by atoms with Crippen LogP contribution in [0.3, 0.4) is 0 Å². The van der Waals surface area contributed by atoms with Crippen LogP contribution in [0.15, 0.2) is 72.8 Å². The molecule has 0 aliphatic carbocycles. The van der Waals surface area contributed by atoms with Gasteiger partial charge in [-0.05, 0) is 54.6 Å². The number of carbonyl (C=O) groups excluding carboxylic acids is 3. The van der Waals surface area contributed by atoms with Crippen molar-refractivity contribution in [2.75, 3.05) is 10.2 Å². The molecule has 2 N–H and O–H groups in total. The number of halogens is 1. The molecule has 0 spiro atoms. The second kappa shape index (κ2) is 8.85. The van der Waals surface area contributed by atoms with Crippen molar-refractivity contribution >= 4 is 63.1 Å². The number of rotatable bonds is 5. The van der Waals surface area contributed by atoms with Crippen LogP contribution in [0.2, 0.25) is 5.02 Å². The van der Waals surface area contributed by atoms with Gasteiger partial charge < -0.3 is 10.4 Å². The number of benzene rings is 4. The lowest BCUT2D eigenvalue weighted by molar-refractivity contribution is -0.383. The molecule has 1 heterocycles. The number of nitrogens with one attached hydrogen (secondary N) is 1. The second-order valence-corrected chi connectivity index (χ2v) is 8.50. The van der Waals surface area contributed by atoms with Gasteiger partial charge in [0.05, 0.1) is 27.2 Å². The summed E-state index contributed by atoms with van der Waals surface area (Å²) in [5, 5.41) is 23.9. The van der Waals surface area contributed by atoms with Crippen molar-refractivity contribution < 1.29 is 29.2 Å². The van der Waals surface area contributed by atoms with Crippen LogP contribution in [-0.4, -0.2) is 33.7 Å². The highest BCUT2D eigenvalue weighted by Crippen LogP contribution is 2.37. The number of nitrogens with zero attached hydrogens (tertiary/aromatic N) is 2. The Labute approximate surface area is 212 Å². The maximum atomic E-state index is 13.4. The molecule has 0 radical (unpaired) electrons. The molecule has 10 nitrogen and oxygen atoms in total. The summed E-state index contributed by atoms with van der Waals surface area (Å²) in [5.74, 6) is -3.37. The Hall–Kier alpha value is -5.09. The molecule has 1 aliphatic rings. The van der Waals surface area contributed by atoms with Gasteiger partial charge in [-0.1, -0.05) is 23.7 Å². The Balaban J connectivity index is 1.53. The maximum Gasteiger partial charge on any atom is 0.337 e. The van der Waals surface area contributed by atoms with E-state index in [2.05, 4.69) is 5.32 Å². The summed E-state index contributed by atoms with van der Waals surface area (Å²) < 4.78 is 0. The molecule has 0 unspecified atom stereocenters. The van der Waals surface area contributed by atoms with E-state index in [1.54, 1.807) is 0 Å². The summed E-state index contributed by atoms with van der Waals surface area (Å²) in [6.07, 6.45) is 0. The highest BCUT2D eigenvalue weighted by Gasteiger charge is 2.36. The minimum atomic E-state index is -1.27. The molecule has 0 saturated heterocycles. The average Bonchev–Trinajstić information content (AvgIpc) is 2.87. The number of anilines is 2. The van der Waals surface area contributed by atoms with Crippen LogP contribution in [-0.2, 0) is 0 Å². The van der Waals surface area contributed by atoms with Crippen molar-refractivity contribution in [3.8, 4) is 0 Å². The Kier molecular flexibility index (Phi) is 5.65. The van der Waals surface area contributed by atoms with Gasteiger partial charge in [0.1, 0.15) is 0 Å². The van der Waals surface area contributed by atoms with Gasteiger partial charge in [0.25, 0.3) is 23.4 Å². The molecule has 11 heteroatoms. The molecule has 0 bridgehead atoms. The summed E-state index contributed by atoms with van der Waals surface area (Å²) in [4.78, 5) is 63.0. The largest absolute Gasteiger partial charge is 0.478 e. The molecule has 5 rings (SSSR count). The van der Waals surface area contributed by atoms with Gasteiger partial charge in [-0.25, -0.2) is 9.69 Å². The number of carboxylic acid groups (broad SMARTS) is 1. The molecular formula is C26H14ClN3O7. The van der Waals surface area contributed by atoms with Crippen LogP contribution in [0.5, 0.6) is 0 Å². The molecule has 4 aromatic carbocycles. The SMILES string of the molecule is O=C(Nc1cc(Cl)ccc1C(=O)O)c1cccc(N2C(=O)c3cccc4c([N+](=O)[O-])ccc(c34)C2=O)c1. The summed E-state index contributed by atoms with van der Waals surface area (Å²) >= 11 is 5.95. The fraction of sp³-hybridized carbons (Fsp3) is 0. The predicted octanol–water partition coefficient (Wildman–Crippen LogP) is 5.15. The zero-order valence-electron chi connectivity index (χ0n) is 18.6. The van der Waals surface area contributed by atoms with E-state index in [4.69, 9.17) is 11.6 Å². The van der Waals surface area contributed by atoms with Crippen molar-refractivity contribution in [3.63, 3.8) is 0 Å². The summed E-state index contributed by atoms with van der Waals surface area (Å²) in [7, 11) is 0. The Bertz CT molecular complexity index is 1680. The first-order chi connectivity index (χ1) is 17.7. The number of hydrogen-bond acceptors (Lipinski definition) is 6. The molecule has 0 fully saturated rings. The van der Waals surface area contributed by atoms with Crippen LogP contribution >= 0.6 is 11.6 Å². The molecule has 0 atom stereocenters. The lowest BCUT2D eigenvalue weighted by atomic mass is 9.92. The number of aromatic carboxylic acids is 1. The maximum absolute atomic E-state index is 13.4. The van der Waals surface area contributed by atoms with E-state index in [0.717, 1.165) is 4.90 Å². The molecule has 3 amide bonds. The van der Waals surface area contributed by atoms with Crippen molar-refractivity contribution in [2.45, 2.75) is 0 Å². The average molecular weight is 516 g/mol. The number of nitro benzene ring substituents is 1. The standard InChI is InChI=1S/C26H14ClN3O7/c27-14-7-8-16(26(34)35)20(12-14)28-23(31)13-3-1-4-15(11-13)29-24(32)18-6-2-5-17-21(30(36)37)10-9-19(22(17)18)25(29)33/h1-12H,(H,28,31)(H,34,35). The van der Waals surface area contributed by atoms with Gasteiger partial charge in [-0.3, -0.25) is 24.5 Å². The van der Waals surface area contributed by atoms with Crippen molar-refractivity contribution in [1.82, 2.24) is 0 Å². The Morgan fingerprint density at radius 2 is 1.62 bits per heavy atom. The van der Waals surface area contributed by atoms with Crippen LogP contribution in [0, 0.1) is 10.1 Å². The lowest BCUT2D eigenvalue weighted by Crippen LogP contribution is -2.40. The van der Waals surface area contributed by atoms with Crippen molar-refractivity contribution in [2.24, 2.45) is 0 Å². The number of imide groups is 1. The first kappa shape index (κ1) is 23.6. The summed E-state index contributed by atoms with van der Waals surface area (Å²) in [6.45, 7) is 0. The van der Waals surface area contributed by atoms with Gasteiger partial charge in [0.2, 0.25) is 0 Å². The Morgan fingerprint density at radius 1 is 0.919 bits per heavy atom. The summed E-state index contributed by atoms with van der Waals surface area (Å²) in [6, 6.07) is 16.5. The second-order valence-electron chi connectivity index (χ2n) is 8.06. The number of nitro groups is 1. The lowest BCUT2D eigenvalue weighted by Gasteiger charge is -2.27. The highest BCUT2D eigenvalue weighted by molar-refractivity contribution is 6.36. The fourth-order valence-corrected chi connectivity index (χ4v) is 4.43. The topological polar surface area (TPSA) is 147 Å². The summed E-state index contributed by atoms with van der Waals surface area (Å²) in [5.41, 5.74) is -0.0754. The zero-order chi connectivity index (χ0) is 26.4. The number of non-ortho nitro benzene ring substituents is 1. The molecular weight excluding hydrogens is 502 g/mol. The van der Waals surface area contributed by atoms with Crippen LogP contribution < -0.4 is 10.2 Å². The minimum Gasteiger partial charge on any atom is -0.478 e. The quantitative estimate of drug-likeness (QED) is 0.212. The van der Waals surface area contributed by atoms with E-state index in [1.165, 1.54) is 72.8 Å². The molecule has 0 saturated carbocycles. The van der Waals surface area contributed by atoms with Gasteiger partial charge in [0.15, 0.2) is 0 Å². The van der Waals surface area contributed by atoms with Crippen molar-refractivity contribution in [3.05, 3.63) is 110 Å². The third kappa shape index (κ3) is 3.95. The number of carbonyl (C=O) groups is 4. The first-order valence-corrected chi connectivity index (χ1v) is 11.1. The van der Waals surface area contributed by atoms with E-state index < -0.39 is 28.6 Å². The van der Waals surface area contributed by atoms with E-state index in [-0.39, 0.29) is 55.1 Å². The fourth-order valence-electron chi connectivity index (χ4n) is 4.26. The van der Waals surface area contributed by atoms with Crippen LogP contribution in [0.1, 0.15) is 41.4 Å². The highest BCUT2D eigenvalue weighted by atomic mass is 35.5. The van der Waals surface area contributed by atoms with Crippen LogP contribution in [0.4, 0.5) is 17.1 Å². The van der Waals surface area contributed by atoms with Gasteiger partial charge in [0, 0.05) is 33.2 Å². The smallest absolute Gasteiger partial charge is 0.337 e. The normalized spacial score (nSPS) is 12.5. The van der Waals surface area contributed by atoms with E-state index >= 15 is 0 Å². The monoisotopic (exact) mass is 515 g/mol. The Morgan fingerprint density at radius 3 is 2.32 bits per heavy atom. The van der Waals surface area contributed by atoms with E-state index in [0.29, 0.717) is 0 Å². The number of hydrogen-bond donors (Lipinski definition) is 2.